The molecule has 0 aliphatic heterocycles. The standard InChI is InChI=1S/C11H9F3N2/c1-16-6-7(5-15-16)10-4-8(12)2-3-9(10)11(13)14/h2-6,11H,1H3. The first-order valence-corrected chi connectivity index (χ1v) is 4.64. The lowest BCUT2D eigenvalue weighted by atomic mass is 10.0. The molecule has 1 aromatic carbocycles. The Balaban J connectivity index is 2.57. The second kappa shape index (κ2) is 4.00. The summed E-state index contributed by atoms with van der Waals surface area (Å²) in [6.45, 7) is 0. The van der Waals surface area contributed by atoms with Crippen molar-refractivity contribution >= 4 is 0 Å². The quantitative estimate of drug-likeness (QED) is 0.769. The highest BCUT2D eigenvalue weighted by Crippen LogP contribution is 2.31. The summed E-state index contributed by atoms with van der Waals surface area (Å²) in [5, 5.41) is 3.87. The molecule has 5 heteroatoms. The van der Waals surface area contributed by atoms with Crippen LogP contribution in [-0.4, -0.2) is 9.78 Å². The van der Waals surface area contributed by atoms with E-state index in [4.69, 9.17) is 0 Å². The maximum atomic E-state index is 13.0. The van der Waals surface area contributed by atoms with Crippen molar-refractivity contribution in [3.05, 3.63) is 42.0 Å². The molecule has 2 aromatic rings. The maximum Gasteiger partial charge on any atom is 0.264 e. The summed E-state index contributed by atoms with van der Waals surface area (Å²) in [4.78, 5) is 0. The van der Waals surface area contributed by atoms with Crippen LogP contribution in [0.5, 0.6) is 0 Å². The minimum atomic E-state index is -2.63. The van der Waals surface area contributed by atoms with Gasteiger partial charge in [-0.3, -0.25) is 4.68 Å². The van der Waals surface area contributed by atoms with Crippen LogP contribution < -0.4 is 0 Å². The number of nitrogens with zero attached hydrogens (tertiary/aromatic N) is 2. The molecule has 84 valence electrons. The molecule has 0 radical (unpaired) electrons. The molecular formula is C11H9F3N2. The molecule has 0 saturated heterocycles. The van der Waals surface area contributed by atoms with E-state index in [2.05, 4.69) is 5.10 Å². The topological polar surface area (TPSA) is 17.8 Å². The molecule has 1 heterocycles. The molecule has 0 spiro atoms. The Morgan fingerprint density at radius 2 is 2.06 bits per heavy atom. The molecule has 0 unspecified atom stereocenters. The Morgan fingerprint density at radius 1 is 1.31 bits per heavy atom. The van der Waals surface area contributed by atoms with Crippen molar-refractivity contribution in [2.45, 2.75) is 6.43 Å². The number of aromatic nitrogens is 2. The summed E-state index contributed by atoms with van der Waals surface area (Å²) in [7, 11) is 1.67. The molecule has 2 nitrogen and oxygen atoms in total. The zero-order valence-electron chi connectivity index (χ0n) is 8.49. The Labute approximate surface area is 90.3 Å². The molecule has 16 heavy (non-hydrogen) atoms. The lowest BCUT2D eigenvalue weighted by Crippen LogP contribution is -1.91. The van der Waals surface area contributed by atoms with Gasteiger partial charge in [0.1, 0.15) is 5.82 Å². The molecular weight excluding hydrogens is 217 g/mol. The Bertz CT molecular complexity index is 506. The van der Waals surface area contributed by atoms with Gasteiger partial charge in [0, 0.05) is 24.4 Å². The van der Waals surface area contributed by atoms with Gasteiger partial charge in [-0.25, -0.2) is 13.2 Å². The summed E-state index contributed by atoms with van der Waals surface area (Å²) in [6.07, 6.45) is 0.372. The van der Waals surface area contributed by atoms with Crippen LogP contribution in [0.4, 0.5) is 13.2 Å². The Hall–Kier alpha value is -1.78. The van der Waals surface area contributed by atoms with E-state index in [-0.39, 0.29) is 11.1 Å². The van der Waals surface area contributed by atoms with Crippen LogP contribution in [0.3, 0.4) is 0 Å². The van der Waals surface area contributed by atoms with E-state index in [1.54, 1.807) is 13.2 Å². The Kier molecular flexibility index (Phi) is 2.68. The summed E-state index contributed by atoms with van der Waals surface area (Å²) in [5.41, 5.74) is 0.481. The van der Waals surface area contributed by atoms with Gasteiger partial charge in [0.25, 0.3) is 6.43 Å². The van der Waals surface area contributed by atoms with Crippen molar-refractivity contribution < 1.29 is 13.2 Å². The smallest absolute Gasteiger partial charge is 0.264 e. The number of halogens is 3. The minimum Gasteiger partial charge on any atom is -0.275 e. The second-order valence-electron chi connectivity index (χ2n) is 3.43. The van der Waals surface area contributed by atoms with Gasteiger partial charge in [0.15, 0.2) is 0 Å². The van der Waals surface area contributed by atoms with Gasteiger partial charge in [-0.15, -0.1) is 0 Å². The van der Waals surface area contributed by atoms with Crippen molar-refractivity contribution in [2.75, 3.05) is 0 Å². The molecule has 0 amide bonds. The molecule has 0 aliphatic rings. The first-order valence-electron chi connectivity index (χ1n) is 4.64. The van der Waals surface area contributed by atoms with Crippen molar-refractivity contribution in [1.29, 1.82) is 0 Å². The number of aryl methyl sites for hydroxylation is 1. The number of rotatable bonds is 2. The minimum absolute atomic E-state index is 0.183. The zero-order valence-corrected chi connectivity index (χ0v) is 8.49. The van der Waals surface area contributed by atoms with Crippen molar-refractivity contribution in [2.24, 2.45) is 7.05 Å². The molecule has 0 fully saturated rings. The number of alkyl halides is 2. The maximum absolute atomic E-state index is 13.0. The molecule has 2 rings (SSSR count). The summed E-state index contributed by atoms with van der Waals surface area (Å²) < 4.78 is 39.9. The van der Waals surface area contributed by atoms with Crippen molar-refractivity contribution in [3.63, 3.8) is 0 Å². The molecule has 0 aliphatic carbocycles. The van der Waals surface area contributed by atoms with Crippen molar-refractivity contribution in [3.8, 4) is 11.1 Å². The van der Waals surface area contributed by atoms with E-state index in [1.807, 2.05) is 0 Å². The fraction of sp³-hybridized carbons (Fsp3) is 0.182. The van der Waals surface area contributed by atoms with E-state index >= 15 is 0 Å². The zero-order chi connectivity index (χ0) is 11.7. The van der Waals surface area contributed by atoms with Gasteiger partial charge in [-0.1, -0.05) is 0 Å². The van der Waals surface area contributed by atoms with Crippen LogP contribution in [0.25, 0.3) is 11.1 Å². The van der Waals surface area contributed by atoms with E-state index in [1.165, 1.54) is 10.9 Å². The number of benzene rings is 1. The molecule has 1 aromatic heterocycles. The number of hydrogen-bond acceptors (Lipinski definition) is 1. The van der Waals surface area contributed by atoms with Crippen LogP contribution >= 0.6 is 0 Å². The SMILES string of the molecule is Cn1cc(-c2cc(F)ccc2C(F)F)cn1. The van der Waals surface area contributed by atoms with Crippen LogP contribution in [0, 0.1) is 5.82 Å². The number of hydrogen-bond donors (Lipinski definition) is 0. The van der Waals surface area contributed by atoms with Gasteiger partial charge in [-0.05, 0) is 23.8 Å². The van der Waals surface area contributed by atoms with Crippen molar-refractivity contribution in [1.82, 2.24) is 9.78 Å². The average Bonchev–Trinajstić information content (AvgIpc) is 2.64. The average molecular weight is 226 g/mol. The van der Waals surface area contributed by atoms with Crippen LogP contribution in [0.2, 0.25) is 0 Å². The fourth-order valence-electron chi connectivity index (χ4n) is 1.53. The fourth-order valence-corrected chi connectivity index (χ4v) is 1.53. The monoisotopic (exact) mass is 226 g/mol. The highest BCUT2D eigenvalue weighted by atomic mass is 19.3. The first kappa shape index (κ1) is 10.7. The predicted molar refractivity (Wildman–Crippen MR) is 53.6 cm³/mol. The largest absolute Gasteiger partial charge is 0.275 e. The highest BCUT2D eigenvalue weighted by molar-refractivity contribution is 5.66. The van der Waals surface area contributed by atoms with Crippen LogP contribution in [-0.2, 0) is 7.05 Å². The third-order valence-electron chi connectivity index (χ3n) is 2.27. The van der Waals surface area contributed by atoms with Gasteiger partial charge in [-0.2, -0.15) is 5.10 Å². The molecule has 0 atom stereocenters. The lowest BCUT2D eigenvalue weighted by molar-refractivity contribution is 0.152. The summed E-state index contributed by atoms with van der Waals surface area (Å²) in [5.74, 6) is -0.539. The van der Waals surface area contributed by atoms with Gasteiger partial charge in [0.2, 0.25) is 0 Å². The second-order valence-corrected chi connectivity index (χ2v) is 3.43. The van der Waals surface area contributed by atoms with Gasteiger partial charge in [0.05, 0.1) is 6.20 Å². The molecule has 0 bridgehead atoms. The normalized spacial score (nSPS) is 11.1. The summed E-state index contributed by atoms with van der Waals surface area (Å²) in [6, 6.07) is 3.22. The van der Waals surface area contributed by atoms with E-state index < -0.39 is 12.2 Å². The van der Waals surface area contributed by atoms with E-state index in [9.17, 15) is 13.2 Å². The predicted octanol–water partition coefficient (Wildman–Crippen LogP) is 3.16. The third-order valence-corrected chi connectivity index (χ3v) is 2.27. The first-order chi connectivity index (χ1) is 7.58. The van der Waals surface area contributed by atoms with E-state index in [0.29, 0.717) is 5.56 Å². The Morgan fingerprint density at radius 3 is 2.62 bits per heavy atom. The highest BCUT2D eigenvalue weighted by Gasteiger charge is 2.15. The lowest BCUT2D eigenvalue weighted by Gasteiger charge is -2.06. The van der Waals surface area contributed by atoms with E-state index in [0.717, 1.165) is 18.2 Å². The van der Waals surface area contributed by atoms with Gasteiger partial charge >= 0.3 is 0 Å². The molecule has 0 N–H and O–H groups in total. The summed E-state index contributed by atoms with van der Waals surface area (Å²) >= 11 is 0. The molecule has 0 saturated carbocycles. The van der Waals surface area contributed by atoms with Crippen LogP contribution in [0.1, 0.15) is 12.0 Å². The third kappa shape index (κ3) is 1.93. The van der Waals surface area contributed by atoms with Crippen LogP contribution in [0.15, 0.2) is 30.6 Å². The van der Waals surface area contributed by atoms with Gasteiger partial charge < -0.3 is 0 Å².